The lowest BCUT2D eigenvalue weighted by Crippen LogP contribution is -2.25. The first kappa shape index (κ1) is 28.8. The first-order valence-electron chi connectivity index (χ1n) is 13.1. The average molecular weight is 448 g/mol. The Labute approximate surface area is 205 Å². The van der Waals surface area contributed by atoms with Gasteiger partial charge in [-0.25, -0.2) is 0 Å². The molecule has 1 rings (SSSR count). The smallest absolute Gasteiger partial charge is 0.0560 e. The Morgan fingerprint density at radius 3 is 2.15 bits per heavy atom. The van der Waals surface area contributed by atoms with Crippen LogP contribution in [0.4, 0.5) is 0 Å². The van der Waals surface area contributed by atoms with Gasteiger partial charge in [0.1, 0.15) is 0 Å². The molecule has 0 heterocycles. The SMILES string of the molecule is C#CC1(C(/C=C(\C)CCC(CC)CC)=C/C(=C)NC(=C)/C=C(\C=C/C)C(C)C)CCCCC1. The fourth-order valence-electron chi connectivity index (χ4n) is 4.72. The van der Waals surface area contributed by atoms with E-state index in [1.54, 1.807) is 0 Å². The van der Waals surface area contributed by atoms with E-state index in [2.05, 4.69) is 89.4 Å². The molecule has 1 heteroatoms. The van der Waals surface area contributed by atoms with Crippen molar-refractivity contribution in [1.29, 1.82) is 0 Å². The van der Waals surface area contributed by atoms with Gasteiger partial charge in [-0.2, -0.15) is 0 Å². The van der Waals surface area contributed by atoms with E-state index in [9.17, 15) is 0 Å². The number of terminal acetylenes is 1. The molecule has 1 saturated carbocycles. The molecule has 1 aliphatic rings. The molecule has 1 N–H and O–H groups in total. The Kier molecular flexibility index (Phi) is 13.0. The zero-order valence-corrected chi connectivity index (χ0v) is 22.4. The maximum absolute atomic E-state index is 6.18. The summed E-state index contributed by atoms with van der Waals surface area (Å²) in [7, 11) is 0. The van der Waals surface area contributed by atoms with Crippen LogP contribution < -0.4 is 5.32 Å². The lowest BCUT2D eigenvalue weighted by Gasteiger charge is -2.34. The Morgan fingerprint density at radius 1 is 1.03 bits per heavy atom. The van der Waals surface area contributed by atoms with Crippen molar-refractivity contribution in [1.82, 2.24) is 5.32 Å². The zero-order chi connectivity index (χ0) is 24.9. The van der Waals surface area contributed by atoms with Gasteiger partial charge in [0.05, 0.1) is 5.41 Å². The molecule has 1 nitrogen and oxygen atoms in total. The summed E-state index contributed by atoms with van der Waals surface area (Å²) in [6, 6.07) is 0. The van der Waals surface area contributed by atoms with Crippen molar-refractivity contribution in [2.24, 2.45) is 17.3 Å². The van der Waals surface area contributed by atoms with Gasteiger partial charge in [-0.1, -0.05) is 103 Å². The summed E-state index contributed by atoms with van der Waals surface area (Å²) < 4.78 is 0. The average Bonchev–Trinajstić information content (AvgIpc) is 2.79. The number of hydrogen-bond donors (Lipinski definition) is 1. The fourth-order valence-corrected chi connectivity index (χ4v) is 4.72. The van der Waals surface area contributed by atoms with E-state index in [-0.39, 0.29) is 5.41 Å². The maximum atomic E-state index is 6.18. The second-order valence-corrected chi connectivity index (χ2v) is 10.1. The maximum Gasteiger partial charge on any atom is 0.0560 e. The van der Waals surface area contributed by atoms with Crippen LogP contribution in [0.5, 0.6) is 0 Å². The highest BCUT2D eigenvalue weighted by Gasteiger charge is 2.33. The molecule has 1 fully saturated rings. The summed E-state index contributed by atoms with van der Waals surface area (Å²) in [5.41, 5.74) is 5.40. The van der Waals surface area contributed by atoms with Gasteiger partial charge in [-0.3, -0.25) is 0 Å². The number of nitrogens with one attached hydrogen (secondary N) is 1. The van der Waals surface area contributed by atoms with E-state index < -0.39 is 0 Å². The Morgan fingerprint density at radius 2 is 1.64 bits per heavy atom. The molecule has 0 bridgehead atoms. The van der Waals surface area contributed by atoms with Crippen molar-refractivity contribution in [3.05, 3.63) is 71.7 Å². The third kappa shape index (κ3) is 9.67. The molecule has 0 amide bonds. The molecule has 1 aliphatic carbocycles. The van der Waals surface area contributed by atoms with Gasteiger partial charge in [0.15, 0.2) is 0 Å². The summed E-state index contributed by atoms with van der Waals surface area (Å²) in [6.07, 6.45) is 27.7. The van der Waals surface area contributed by atoms with Crippen molar-refractivity contribution in [3.63, 3.8) is 0 Å². The molecule has 0 unspecified atom stereocenters. The van der Waals surface area contributed by atoms with Crippen molar-refractivity contribution >= 4 is 0 Å². The second-order valence-electron chi connectivity index (χ2n) is 10.1. The summed E-state index contributed by atoms with van der Waals surface area (Å²) in [4.78, 5) is 0. The Bertz CT molecular complexity index is 796. The van der Waals surface area contributed by atoms with E-state index in [0.717, 1.165) is 36.6 Å². The highest BCUT2D eigenvalue weighted by Crippen LogP contribution is 2.43. The van der Waals surface area contributed by atoms with Crippen LogP contribution in [0.3, 0.4) is 0 Å². The van der Waals surface area contributed by atoms with E-state index in [4.69, 9.17) is 6.42 Å². The highest BCUT2D eigenvalue weighted by atomic mass is 14.9. The Hall–Kier alpha value is -2.20. The van der Waals surface area contributed by atoms with Gasteiger partial charge in [-0.15, -0.1) is 6.42 Å². The summed E-state index contributed by atoms with van der Waals surface area (Å²) in [5, 5.41) is 3.40. The molecule has 0 aromatic rings. The molecule has 182 valence electrons. The summed E-state index contributed by atoms with van der Waals surface area (Å²) in [5.74, 6) is 4.45. The third-order valence-electron chi connectivity index (χ3n) is 7.06. The van der Waals surface area contributed by atoms with Crippen molar-refractivity contribution in [2.75, 3.05) is 0 Å². The normalized spacial score (nSPS) is 17.5. The van der Waals surface area contributed by atoms with Crippen LogP contribution in [0, 0.1) is 29.6 Å². The van der Waals surface area contributed by atoms with E-state index in [1.165, 1.54) is 55.2 Å². The molecular weight excluding hydrogens is 398 g/mol. The van der Waals surface area contributed by atoms with Crippen molar-refractivity contribution < 1.29 is 0 Å². The van der Waals surface area contributed by atoms with Crippen LogP contribution in [-0.4, -0.2) is 0 Å². The van der Waals surface area contributed by atoms with Crippen LogP contribution in [0.1, 0.15) is 99.3 Å². The lowest BCUT2D eigenvalue weighted by atomic mass is 9.69. The zero-order valence-electron chi connectivity index (χ0n) is 22.4. The van der Waals surface area contributed by atoms with Crippen molar-refractivity contribution in [2.45, 2.75) is 99.3 Å². The molecule has 0 aromatic carbocycles. The van der Waals surface area contributed by atoms with Gasteiger partial charge in [0.25, 0.3) is 0 Å². The predicted molar refractivity (Wildman–Crippen MR) is 149 cm³/mol. The van der Waals surface area contributed by atoms with E-state index >= 15 is 0 Å². The first-order chi connectivity index (χ1) is 15.7. The molecule has 0 aromatic heterocycles. The molecule has 0 radical (unpaired) electrons. The number of hydrogen-bond acceptors (Lipinski definition) is 1. The predicted octanol–water partition coefficient (Wildman–Crippen LogP) is 9.43. The third-order valence-corrected chi connectivity index (χ3v) is 7.06. The van der Waals surface area contributed by atoms with Crippen LogP contribution >= 0.6 is 0 Å². The summed E-state index contributed by atoms with van der Waals surface area (Å²) in [6.45, 7) is 21.8. The molecule has 0 atom stereocenters. The molecule has 0 aliphatic heterocycles. The van der Waals surface area contributed by atoms with Gasteiger partial charge in [0.2, 0.25) is 0 Å². The Balaban J connectivity index is 3.18. The quantitative estimate of drug-likeness (QED) is 0.219. The first-order valence-corrected chi connectivity index (χ1v) is 13.1. The molecule has 0 spiro atoms. The van der Waals surface area contributed by atoms with Gasteiger partial charge >= 0.3 is 0 Å². The largest absolute Gasteiger partial charge is 0.356 e. The molecule has 33 heavy (non-hydrogen) atoms. The second kappa shape index (κ2) is 14.8. The topological polar surface area (TPSA) is 12.0 Å². The highest BCUT2D eigenvalue weighted by molar-refractivity contribution is 5.42. The number of rotatable bonds is 13. The van der Waals surface area contributed by atoms with Crippen LogP contribution in [0.15, 0.2) is 71.7 Å². The van der Waals surface area contributed by atoms with Crippen molar-refractivity contribution in [3.8, 4) is 12.3 Å². The minimum atomic E-state index is -0.190. The van der Waals surface area contributed by atoms with Crippen LogP contribution in [0.2, 0.25) is 0 Å². The summed E-state index contributed by atoms with van der Waals surface area (Å²) >= 11 is 0. The standard InChI is InChI=1S/C32H49N/c1-10-17-30(25(5)6)23-27(8)33-28(9)24-31(32(13-4)20-15-14-16-21-32)22-26(7)18-19-29(11-2)12-3/h4,10,17,22-25,29,33H,8-9,11-12,14-16,18-21H2,1-3,5-7H3/b17-10-,26-22+,30-23+,31-24+. The van der Waals surface area contributed by atoms with Gasteiger partial charge < -0.3 is 5.32 Å². The molecular formula is C32H49N. The van der Waals surface area contributed by atoms with Gasteiger partial charge in [-0.05, 0) is 74.7 Å². The van der Waals surface area contributed by atoms with Crippen LogP contribution in [-0.2, 0) is 0 Å². The minimum absolute atomic E-state index is 0.190. The minimum Gasteiger partial charge on any atom is -0.356 e. The monoisotopic (exact) mass is 447 g/mol. The van der Waals surface area contributed by atoms with Crippen LogP contribution in [0.25, 0.3) is 0 Å². The number of allylic oxidation sites excluding steroid dienone is 8. The van der Waals surface area contributed by atoms with Gasteiger partial charge in [0, 0.05) is 11.4 Å². The van der Waals surface area contributed by atoms with E-state index in [0.29, 0.717) is 5.92 Å². The lowest BCUT2D eigenvalue weighted by molar-refractivity contribution is 0.326. The van der Waals surface area contributed by atoms with E-state index in [1.807, 2.05) is 6.92 Å². The molecule has 0 saturated heterocycles. The fraction of sp³-hybridized carbons (Fsp3) is 0.562.